The summed E-state index contributed by atoms with van der Waals surface area (Å²) in [6.07, 6.45) is 4.79. The molecule has 1 amide bonds. The predicted molar refractivity (Wildman–Crippen MR) is 82.3 cm³/mol. The van der Waals surface area contributed by atoms with Gasteiger partial charge in [0.25, 0.3) is 0 Å². The zero-order valence-corrected chi connectivity index (χ0v) is 12.6. The van der Waals surface area contributed by atoms with E-state index in [9.17, 15) is 9.59 Å². The number of hydrogen-bond acceptors (Lipinski definition) is 4. The van der Waals surface area contributed by atoms with Crippen LogP contribution in [0, 0.1) is 6.92 Å². The smallest absolute Gasteiger partial charge is 0.238 e. The summed E-state index contributed by atoms with van der Waals surface area (Å²) in [7, 11) is 0. The second-order valence-electron chi connectivity index (χ2n) is 4.51. The summed E-state index contributed by atoms with van der Waals surface area (Å²) in [6.45, 7) is 1.75. The van der Waals surface area contributed by atoms with Crippen molar-refractivity contribution in [3.63, 3.8) is 0 Å². The lowest BCUT2D eigenvalue weighted by Crippen LogP contribution is -2.22. The number of carbonyl (C=O) groups is 2. The van der Waals surface area contributed by atoms with Gasteiger partial charge in [-0.25, -0.2) is 0 Å². The maximum atomic E-state index is 12.6. The van der Waals surface area contributed by atoms with Crippen molar-refractivity contribution in [2.24, 2.45) is 5.73 Å². The zero-order valence-electron chi connectivity index (χ0n) is 11.0. The van der Waals surface area contributed by atoms with Crippen LogP contribution in [0.15, 0.2) is 28.1 Å². The fraction of sp³-hybridized carbons (Fsp3) is 0.286. The van der Waals surface area contributed by atoms with Crippen molar-refractivity contribution in [1.82, 2.24) is 0 Å². The molecule has 106 valence electrons. The largest absolute Gasteiger partial charge is 0.322 e. The molecule has 0 aliphatic heterocycles. The van der Waals surface area contributed by atoms with Gasteiger partial charge in [-0.1, -0.05) is 17.7 Å². The van der Waals surface area contributed by atoms with Crippen LogP contribution in [-0.2, 0) is 4.79 Å². The summed E-state index contributed by atoms with van der Waals surface area (Å²) < 4.78 is 0. The van der Waals surface area contributed by atoms with Crippen molar-refractivity contribution >= 4 is 39.6 Å². The van der Waals surface area contributed by atoms with E-state index in [1.165, 1.54) is 11.3 Å². The molecule has 0 fully saturated rings. The molecule has 0 saturated carbocycles. The second-order valence-corrected chi connectivity index (χ2v) is 5.87. The molecule has 1 aliphatic rings. The van der Waals surface area contributed by atoms with Crippen LogP contribution in [0.1, 0.15) is 28.8 Å². The van der Waals surface area contributed by atoms with Gasteiger partial charge in [0, 0.05) is 10.6 Å². The molecular formula is C14H15ClN2O2S. The average Bonchev–Trinajstić information content (AvgIpc) is 2.79. The van der Waals surface area contributed by atoms with E-state index in [1.807, 2.05) is 12.3 Å². The highest BCUT2D eigenvalue weighted by atomic mass is 35.5. The Labute approximate surface area is 126 Å². The number of nitrogens with two attached hydrogens (primary N) is 1. The highest BCUT2D eigenvalue weighted by Gasteiger charge is 2.22. The minimum Gasteiger partial charge on any atom is -0.322 e. The molecule has 20 heavy (non-hydrogen) atoms. The third kappa shape index (κ3) is 3.17. The number of aryl methyl sites for hydroxylation is 1. The van der Waals surface area contributed by atoms with Gasteiger partial charge in [-0.15, -0.1) is 11.3 Å². The van der Waals surface area contributed by atoms with Crippen LogP contribution < -0.4 is 11.1 Å². The molecule has 0 aromatic carbocycles. The molecule has 1 heterocycles. The van der Waals surface area contributed by atoms with Crippen molar-refractivity contribution in [2.75, 3.05) is 11.9 Å². The number of hydrogen-bond donors (Lipinski definition) is 2. The quantitative estimate of drug-likeness (QED) is 0.840. The normalized spacial score (nSPS) is 14.6. The zero-order chi connectivity index (χ0) is 14.7. The fourth-order valence-electron chi connectivity index (χ4n) is 1.96. The molecule has 4 nitrogen and oxygen atoms in total. The number of anilines is 1. The van der Waals surface area contributed by atoms with Crippen LogP contribution in [0.2, 0.25) is 0 Å². The Bertz CT molecular complexity index is 617. The predicted octanol–water partition coefficient (Wildman–Crippen LogP) is 2.98. The van der Waals surface area contributed by atoms with Crippen LogP contribution in [0.5, 0.6) is 0 Å². The molecule has 0 bridgehead atoms. The molecule has 6 heteroatoms. The van der Waals surface area contributed by atoms with Gasteiger partial charge in [-0.05, 0) is 36.8 Å². The van der Waals surface area contributed by atoms with Crippen molar-refractivity contribution in [1.29, 1.82) is 0 Å². The molecule has 2 rings (SSSR count). The number of allylic oxidation sites excluding steroid dienone is 4. The van der Waals surface area contributed by atoms with Crippen molar-refractivity contribution in [3.8, 4) is 0 Å². The molecule has 1 aromatic rings. The summed E-state index contributed by atoms with van der Waals surface area (Å²) in [5.74, 6) is -0.363. The Hall–Kier alpha value is -1.43. The first kappa shape index (κ1) is 15.0. The van der Waals surface area contributed by atoms with Gasteiger partial charge in [0.2, 0.25) is 5.91 Å². The van der Waals surface area contributed by atoms with Gasteiger partial charge >= 0.3 is 0 Å². The maximum absolute atomic E-state index is 12.6. The summed E-state index contributed by atoms with van der Waals surface area (Å²) in [5.41, 5.74) is 7.40. The summed E-state index contributed by atoms with van der Waals surface area (Å²) in [5, 5.41) is 5.84. The van der Waals surface area contributed by atoms with Crippen LogP contribution >= 0.6 is 22.9 Å². The van der Waals surface area contributed by atoms with Crippen LogP contribution in [-0.4, -0.2) is 18.2 Å². The third-order valence-corrected chi connectivity index (χ3v) is 4.36. The van der Waals surface area contributed by atoms with Crippen LogP contribution in [0.3, 0.4) is 0 Å². The van der Waals surface area contributed by atoms with E-state index < -0.39 is 0 Å². The van der Waals surface area contributed by atoms with Crippen LogP contribution in [0.25, 0.3) is 0 Å². The molecule has 1 aliphatic carbocycles. The molecule has 3 N–H and O–H groups in total. The van der Waals surface area contributed by atoms with Gasteiger partial charge in [-0.3, -0.25) is 9.59 Å². The molecular weight excluding hydrogens is 296 g/mol. The number of amides is 1. The Morgan fingerprint density at radius 1 is 1.40 bits per heavy atom. The molecule has 0 unspecified atom stereocenters. The number of Topliss-reactive ketones (excluding diaryl/α,β-unsaturated/α-hetero) is 1. The van der Waals surface area contributed by atoms with Gasteiger partial charge in [0.05, 0.1) is 12.1 Å². The minimum atomic E-state index is -0.304. The first-order valence-electron chi connectivity index (χ1n) is 6.21. The first-order chi connectivity index (χ1) is 9.52. The van der Waals surface area contributed by atoms with E-state index in [0.29, 0.717) is 29.0 Å². The van der Waals surface area contributed by atoms with Gasteiger partial charge in [0.15, 0.2) is 5.78 Å². The van der Waals surface area contributed by atoms with E-state index in [-0.39, 0.29) is 18.2 Å². The Morgan fingerprint density at radius 2 is 2.15 bits per heavy atom. The molecule has 0 spiro atoms. The summed E-state index contributed by atoms with van der Waals surface area (Å²) >= 11 is 7.23. The maximum Gasteiger partial charge on any atom is 0.238 e. The summed E-state index contributed by atoms with van der Waals surface area (Å²) in [6, 6.07) is 0. The number of nitrogens with one attached hydrogen (secondary N) is 1. The van der Waals surface area contributed by atoms with Crippen molar-refractivity contribution in [2.45, 2.75) is 19.8 Å². The summed E-state index contributed by atoms with van der Waals surface area (Å²) in [4.78, 5) is 24.0. The SMILES string of the molecule is Cc1csc(NC(=O)CN)c1C(=O)C1=CC=C(Cl)CC1. The van der Waals surface area contributed by atoms with Gasteiger partial charge < -0.3 is 11.1 Å². The minimum absolute atomic E-state index is 0.0588. The Balaban J connectivity index is 2.30. The monoisotopic (exact) mass is 310 g/mol. The third-order valence-electron chi connectivity index (χ3n) is 3.03. The van der Waals surface area contributed by atoms with Crippen LogP contribution in [0.4, 0.5) is 5.00 Å². The highest BCUT2D eigenvalue weighted by molar-refractivity contribution is 7.15. The lowest BCUT2D eigenvalue weighted by atomic mass is 9.95. The standard InChI is InChI=1S/C14H15ClN2O2S/c1-8-7-20-14(17-11(18)6-16)12(8)13(19)9-2-4-10(15)5-3-9/h2,4,7H,3,5-6,16H2,1H3,(H,17,18). The van der Waals surface area contributed by atoms with E-state index in [4.69, 9.17) is 17.3 Å². The number of carbonyl (C=O) groups excluding carboxylic acids is 2. The van der Waals surface area contributed by atoms with E-state index in [2.05, 4.69) is 5.32 Å². The lowest BCUT2D eigenvalue weighted by Gasteiger charge is -2.12. The average molecular weight is 311 g/mol. The number of ketones is 1. The van der Waals surface area contributed by atoms with E-state index in [1.54, 1.807) is 12.2 Å². The van der Waals surface area contributed by atoms with Crippen molar-refractivity contribution < 1.29 is 9.59 Å². The molecule has 0 radical (unpaired) electrons. The molecule has 0 saturated heterocycles. The highest BCUT2D eigenvalue weighted by Crippen LogP contribution is 2.32. The Morgan fingerprint density at radius 3 is 2.75 bits per heavy atom. The van der Waals surface area contributed by atoms with Gasteiger partial charge in [-0.2, -0.15) is 0 Å². The first-order valence-corrected chi connectivity index (χ1v) is 7.46. The number of thiophene rings is 1. The molecule has 1 aromatic heterocycles. The fourth-order valence-corrected chi connectivity index (χ4v) is 3.07. The number of rotatable bonds is 4. The van der Waals surface area contributed by atoms with Gasteiger partial charge in [0.1, 0.15) is 5.00 Å². The van der Waals surface area contributed by atoms with E-state index in [0.717, 1.165) is 10.6 Å². The van der Waals surface area contributed by atoms with Crippen molar-refractivity contribution in [3.05, 3.63) is 39.3 Å². The second kappa shape index (κ2) is 6.35. The van der Waals surface area contributed by atoms with E-state index >= 15 is 0 Å². The topological polar surface area (TPSA) is 72.2 Å². The Kier molecular flexibility index (Phi) is 4.75. The molecule has 0 atom stereocenters. The number of halogens is 1. The lowest BCUT2D eigenvalue weighted by molar-refractivity contribution is -0.114.